The molecule has 1 unspecified atom stereocenters. The van der Waals surface area contributed by atoms with Gasteiger partial charge in [0.1, 0.15) is 5.75 Å². The standard InChI is InChI=1S/C14H18N2O2/c1-17-13-3-2-10(11-4-6-16-14(11)13)12-5-8-18-9-7-15-12/h2-4,6,12,15-16H,5,7-9H2,1H3. The number of nitrogens with one attached hydrogen (secondary N) is 2. The highest BCUT2D eigenvalue weighted by molar-refractivity contribution is 5.88. The average Bonchev–Trinajstić information content (AvgIpc) is 2.73. The molecule has 4 nitrogen and oxygen atoms in total. The van der Waals surface area contributed by atoms with Gasteiger partial charge < -0.3 is 19.8 Å². The number of H-pyrrole nitrogens is 1. The van der Waals surface area contributed by atoms with Crippen molar-refractivity contribution in [2.45, 2.75) is 12.5 Å². The summed E-state index contributed by atoms with van der Waals surface area (Å²) in [5.41, 5.74) is 2.39. The summed E-state index contributed by atoms with van der Waals surface area (Å²) >= 11 is 0. The lowest BCUT2D eigenvalue weighted by Crippen LogP contribution is -2.22. The topological polar surface area (TPSA) is 46.3 Å². The third kappa shape index (κ3) is 1.98. The van der Waals surface area contributed by atoms with Crippen LogP contribution in [0.25, 0.3) is 10.9 Å². The number of hydrogen-bond acceptors (Lipinski definition) is 3. The third-order valence-corrected chi connectivity index (χ3v) is 3.50. The molecule has 18 heavy (non-hydrogen) atoms. The summed E-state index contributed by atoms with van der Waals surface area (Å²) in [5, 5.41) is 4.77. The number of methoxy groups -OCH3 is 1. The Bertz CT molecular complexity index is 528. The molecule has 3 rings (SSSR count). The first-order valence-corrected chi connectivity index (χ1v) is 6.35. The first-order valence-electron chi connectivity index (χ1n) is 6.35. The lowest BCUT2D eigenvalue weighted by molar-refractivity contribution is 0.150. The van der Waals surface area contributed by atoms with Crippen LogP contribution in [0.2, 0.25) is 0 Å². The summed E-state index contributed by atoms with van der Waals surface area (Å²) in [5.74, 6) is 0.892. The Hall–Kier alpha value is -1.52. The minimum atomic E-state index is 0.358. The van der Waals surface area contributed by atoms with Gasteiger partial charge in [-0.3, -0.25) is 0 Å². The molecule has 1 aliphatic heterocycles. The number of hydrogen-bond donors (Lipinski definition) is 2. The molecule has 0 spiro atoms. The SMILES string of the molecule is COc1ccc(C2CCOCCN2)c2cc[nH]c12. The van der Waals surface area contributed by atoms with Gasteiger partial charge in [0.15, 0.2) is 0 Å². The predicted molar refractivity (Wildman–Crippen MR) is 71.0 cm³/mol. The molecule has 2 N–H and O–H groups in total. The number of aromatic amines is 1. The van der Waals surface area contributed by atoms with E-state index in [2.05, 4.69) is 22.4 Å². The first kappa shape index (κ1) is 11.6. The average molecular weight is 246 g/mol. The fourth-order valence-electron chi connectivity index (χ4n) is 2.60. The molecule has 1 aromatic carbocycles. The number of fused-ring (bicyclic) bond motifs is 1. The summed E-state index contributed by atoms with van der Waals surface area (Å²) in [6, 6.07) is 6.65. The van der Waals surface area contributed by atoms with Crippen LogP contribution >= 0.6 is 0 Å². The van der Waals surface area contributed by atoms with Gasteiger partial charge in [-0.1, -0.05) is 6.07 Å². The van der Waals surface area contributed by atoms with Crippen molar-refractivity contribution in [1.82, 2.24) is 10.3 Å². The summed E-state index contributed by atoms with van der Waals surface area (Å²) in [6.45, 7) is 2.52. The van der Waals surface area contributed by atoms with E-state index in [-0.39, 0.29) is 0 Å². The van der Waals surface area contributed by atoms with Crippen LogP contribution in [0.5, 0.6) is 5.75 Å². The number of benzene rings is 1. The Kier molecular flexibility index (Phi) is 3.21. The molecule has 1 atom stereocenters. The largest absolute Gasteiger partial charge is 0.495 e. The van der Waals surface area contributed by atoms with Crippen molar-refractivity contribution in [3.63, 3.8) is 0 Å². The van der Waals surface area contributed by atoms with E-state index in [4.69, 9.17) is 9.47 Å². The zero-order valence-corrected chi connectivity index (χ0v) is 10.5. The summed E-state index contributed by atoms with van der Waals surface area (Å²) in [4.78, 5) is 3.25. The van der Waals surface area contributed by atoms with E-state index in [9.17, 15) is 0 Å². The number of rotatable bonds is 2. The Labute approximate surface area is 106 Å². The molecular weight excluding hydrogens is 228 g/mol. The summed E-state index contributed by atoms with van der Waals surface area (Å²) in [6.07, 6.45) is 2.97. The fourth-order valence-corrected chi connectivity index (χ4v) is 2.60. The van der Waals surface area contributed by atoms with Crippen LogP contribution in [-0.2, 0) is 4.74 Å². The molecule has 1 saturated heterocycles. The fraction of sp³-hybridized carbons (Fsp3) is 0.429. The van der Waals surface area contributed by atoms with Crippen molar-refractivity contribution in [2.75, 3.05) is 26.9 Å². The highest BCUT2D eigenvalue weighted by atomic mass is 16.5. The molecule has 2 aromatic rings. The highest BCUT2D eigenvalue weighted by Gasteiger charge is 2.17. The van der Waals surface area contributed by atoms with Crippen LogP contribution in [-0.4, -0.2) is 31.9 Å². The van der Waals surface area contributed by atoms with Gasteiger partial charge >= 0.3 is 0 Å². The Morgan fingerprint density at radius 2 is 2.22 bits per heavy atom. The van der Waals surface area contributed by atoms with E-state index in [0.29, 0.717) is 6.04 Å². The Morgan fingerprint density at radius 3 is 3.11 bits per heavy atom. The molecule has 0 radical (unpaired) electrons. The third-order valence-electron chi connectivity index (χ3n) is 3.50. The Morgan fingerprint density at radius 1 is 1.28 bits per heavy atom. The summed E-state index contributed by atoms with van der Waals surface area (Å²) in [7, 11) is 1.70. The zero-order chi connectivity index (χ0) is 12.4. The van der Waals surface area contributed by atoms with E-state index in [0.717, 1.165) is 37.4 Å². The van der Waals surface area contributed by atoms with E-state index in [1.54, 1.807) is 7.11 Å². The maximum atomic E-state index is 5.49. The van der Waals surface area contributed by atoms with Crippen LogP contribution in [0.3, 0.4) is 0 Å². The maximum Gasteiger partial charge on any atom is 0.142 e. The Balaban J connectivity index is 2.03. The lowest BCUT2D eigenvalue weighted by Gasteiger charge is -2.17. The van der Waals surface area contributed by atoms with Crippen LogP contribution < -0.4 is 10.1 Å². The molecule has 4 heteroatoms. The second kappa shape index (κ2) is 5.00. The monoisotopic (exact) mass is 246 g/mol. The van der Waals surface area contributed by atoms with Crippen LogP contribution in [0, 0.1) is 0 Å². The number of aromatic nitrogens is 1. The summed E-state index contributed by atoms with van der Waals surface area (Å²) < 4.78 is 10.9. The molecule has 0 saturated carbocycles. The van der Waals surface area contributed by atoms with Gasteiger partial charge in [0.25, 0.3) is 0 Å². The smallest absolute Gasteiger partial charge is 0.142 e. The van der Waals surface area contributed by atoms with Crippen LogP contribution in [0.15, 0.2) is 24.4 Å². The normalized spacial score (nSPS) is 20.8. The molecular formula is C14H18N2O2. The van der Waals surface area contributed by atoms with Crippen molar-refractivity contribution < 1.29 is 9.47 Å². The van der Waals surface area contributed by atoms with E-state index < -0.39 is 0 Å². The molecule has 0 aliphatic carbocycles. The molecule has 96 valence electrons. The van der Waals surface area contributed by atoms with E-state index >= 15 is 0 Å². The van der Waals surface area contributed by atoms with Crippen LogP contribution in [0.1, 0.15) is 18.0 Å². The van der Waals surface area contributed by atoms with Crippen LogP contribution in [0.4, 0.5) is 0 Å². The molecule has 0 bridgehead atoms. The van der Waals surface area contributed by atoms with Crippen molar-refractivity contribution in [3.05, 3.63) is 30.0 Å². The van der Waals surface area contributed by atoms with E-state index in [1.807, 2.05) is 12.3 Å². The van der Waals surface area contributed by atoms with Gasteiger partial charge in [-0.05, 0) is 24.1 Å². The minimum absolute atomic E-state index is 0.358. The minimum Gasteiger partial charge on any atom is -0.495 e. The molecule has 0 amide bonds. The quantitative estimate of drug-likeness (QED) is 0.854. The van der Waals surface area contributed by atoms with Gasteiger partial charge in [0.05, 0.1) is 19.2 Å². The van der Waals surface area contributed by atoms with Gasteiger partial charge in [-0.25, -0.2) is 0 Å². The number of ether oxygens (including phenoxy) is 2. The second-order valence-electron chi connectivity index (χ2n) is 4.53. The molecule has 1 aliphatic rings. The first-order chi connectivity index (χ1) is 8.90. The van der Waals surface area contributed by atoms with Gasteiger partial charge in [-0.2, -0.15) is 0 Å². The van der Waals surface area contributed by atoms with Crippen molar-refractivity contribution in [1.29, 1.82) is 0 Å². The van der Waals surface area contributed by atoms with Crippen molar-refractivity contribution in [2.24, 2.45) is 0 Å². The van der Waals surface area contributed by atoms with Gasteiger partial charge in [-0.15, -0.1) is 0 Å². The van der Waals surface area contributed by atoms with Crippen molar-refractivity contribution in [3.8, 4) is 5.75 Å². The molecule has 2 heterocycles. The second-order valence-corrected chi connectivity index (χ2v) is 4.53. The maximum absolute atomic E-state index is 5.49. The highest BCUT2D eigenvalue weighted by Crippen LogP contribution is 2.32. The van der Waals surface area contributed by atoms with E-state index in [1.165, 1.54) is 10.9 Å². The predicted octanol–water partition coefficient (Wildman–Crippen LogP) is 2.23. The van der Waals surface area contributed by atoms with Crippen molar-refractivity contribution >= 4 is 10.9 Å². The molecule has 1 fully saturated rings. The molecule has 1 aromatic heterocycles. The zero-order valence-electron chi connectivity index (χ0n) is 10.5. The lowest BCUT2D eigenvalue weighted by atomic mass is 10.00. The van der Waals surface area contributed by atoms with Gasteiger partial charge in [0.2, 0.25) is 0 Å². The van der Waals surface area contributed by atoms with Gasteiger partial charge in [0, 0.05) is 30.8 Å².